The highest BCUT2D eigenvalue weighted by atomic mass is 32.3. The zero-order chi connectivity index (χ0) is 73.2. The lowest BCUT2D eigenvalue weighted by molar-refractivity contribution is -0.334. The average Bonchev–Trinajstić information content (AvgIpc) is 1.73. The number of allylic oxidation sites excluding steroid dienone is 1. The monoisotopic (exact) mass is 1480 g/mol. The number of aliphatic hydroxyl groups is 8. The van der Waals surface area contributed by atoms with Crippen molar-refractivity contribution in [1.82, 2.24) is 0 Å². The molecule has 24 atom stereocenters. The second kappa shape index (κ2) is 35.2. The number of hydrogen-bond acceptors (Lipinski definition) is 28. The van der Waals surface area contributed by atoms with Crippen LogP contribution in [-0.4, -0.2) is 239 Å². The van der Waals surface area contributed by atoms with Crippen LogP contribution in [0.4, 0.5) is 0 Å². The van der Waals surface area contributed by atoms with E-state index in [0.717, 1.165) is 31.3 Å². The van der Waals surface area contributed by atoms with Gasteiger partial charge in [-0.1, -0.05) is 70.2 Å². The summed E-state index contributed by atoms with van der Waals surface area (Å²) in [7, 11) is -16.3. The Morgan fingerprint density at radius 1 is 0.818 bits per heavy atom. The molecular weight excluding hydrogens is 1370 g/mol. The van der Waals surface area contributed by atoms with Gasteiger partial charge in [-0.05, 0) is 127 Å². The molecule has 6 saturated heterocycles. The molecule has 0 saturated carbocycles. The van der Waals surface area contributed by atoms with Gasteiger partial charge in [0.25, 0.3) is 0 Å². The van der Waals surface area contributed by atoms with E-state index in [1.165, 1.54) is 19.1 Å². The second-order valence-electron chi connectivity index (χ2n) is 28.1. The van der Waals surface area contributed by atoms with Gasteiger partial charge in [-0.15, -0.1) is 0 Å². The van der Waals surface area contributed by atoms with Gasteiger partial charge in [-0.3, -0.25) is 18.5 Å². The number of ether oxygens (including phenoxy) is 9. The maximum absolute atomic E-state index is 13.4. The van der Waals surface area contributed by atoms with Crippen LogP contribution in [0.15, 0.2) is 59.8 Å². The molecule has 7 heterocycles. The molecule has 0 aromatic heterocycles. The number of carbonyl (C=O) groups is 2. The molecule has 0 radical (unpaired) electrons. The van der Waals surface area contributed by atoms with E-state index in [0.29, 0.717) is 62.7 Å². The van der Waals surface area contributed by atoms with Gasteiger partial charge in [0.1, 0.15) is 55.4 Å². The molecule has 0 aromatic carbocycles. The van der Waals surface area contributed by atoms with E-state index >= 15 is 0 Å². The van der Waals surface area contributed by atoms with Crippen LogP contribution >= 0.6 is 0 Å². The Balaban J connectivity index is 0.805. The zero-order valence-electron chi connectivity index (χ0n) is 57.1. The topological polar surface area (TPSA) is 470 Å². The third-order valence-corrected chi connectivity index (χ3v) is 21.1. The first-order chi connectivity index (χ1) is 46.1. The van der Waals surface area contributed by atoms with Crippen LogP contribution < -0.4 is 0 Å². The van der Waals surface area contributed by atoms with Crippen LogP contribution in [0.3, 0.4) is 0 Å². The minimum atomic E-state index is -5.54. The third kappa shape index (κ3) is 23.6. The van der Waals surface area contributed by atoms with Crippen molar-refractivity contribution in [2.24, 2.45) is 23.7 Å². The molecule has 7 rings (SSSR count). The quantitative estimate of drug-likeness (QED) is 0.0194. The summed E-state index contributed by atoms with van der Waals surface area (Å²) in [5, 5.41) is 88.3. The minimum Gasteiger partial charge on any atom is -0.465 e. The molecule has 568 valence electrons. The summed E-state index contributed by atoms with van der Waals surface area (Å²) in [6.07, 6.45) is -4.85. The van der Waals surface area contributed by atoms with Crippen LogP contribution in [0.5, 0.6) is 0 Å². The molecule has 34 heteroatoms. The molecule has 7 aliphatic heterocycles. The first-order valence-corrected chi connectivity index (χ1v) is 38.0. The Morgan fingerprint density at radius 2 is 1.53 bits per heavy atom. The fourth-order valence-corrected chi connectivity index (χ4v) is 15.7. The molecular formula is C65H104O31S3. The molecule has 0 aromatic rings. The third-order valence-electron chi connectivity index (χ3n) is 19.8. The number of carbonyl (C=O) groups excluding carboxylic acids is 2. The fourth-order valence-electron chi connectivity index (χ4n) is 14.3. The summed E-state index contributed by atoms with van der Waals surface area (Å²) in [5.74, 6) is -4.35. The molecule has 7 aliphatic rings. The largest absolute Gasteiger partial charge is 0.465 e. The molecule has 6 fully saturated rings. The van der Waals surface area contributed by atoms with Crippen molar-refractivity contribution in [3.05, 3.63) is 59.8 Å². The fraction of sp³-hybridized carbons (Fsp3) is 0.815. The second-order valence-corrected chi connectivity index (χ2v) is 31.3. The Kier molecular flexibility index (Phi) is 29.5. The summed E-state index contributed by atoms with van der Waals surface area (Å²) in [5.41, 5.74) is -0.166. The highest BCUT2D eigenvalue weighted by Crippen LogP contribution is 2.49. The summed E-state index contributed by atoms with van der Waals surface area (Å²) in [6.45, 7) is 16.5. The van der Waals surface area contributed by atoms with Gasteiger partial charge in [-0.2, -0.15) is 25.3 Å². The van der Waals surface area contributed by atoms with Crippen molar-refractivity contribution < 1.29 is 145 Å². The summed E-state index contributed by atoms with van der Waals surface area (Å²) in [4.78, 5) is 25.8. The van der Waals surface area contributed by atoms with Gasteiger partial charge >= 0.3 is 43.1 Å². The van der Waals surface area contributed by atoms with E-state index in [2.05, 4.69) is 39.9 Å². The van der Waals surface area contributed by atoms with Gasteiger partial charge < -0.3 is 83.5 Å². The number of fused-ring (bicyclic) bond motifs is 1. The first-order valence-electron chi connectivity index (χ1n) is 33.9. The van der Waals surface area contributed by atoms with Crippen LogP contribution in [0, 0.1) is 23.7 Å². The highest BCUT2D eigenvalue weighted by Gasteiger charge is 2.56. The van der Waals surface area contributed by atoms with Crippen LogP contribution in [0.1, 0.15) is 164 Å². The van der Waals surface area contributed by atoms with E-state index in [-0.39, 0.29) is 87.6 Å². The van der Waals surface area contributed by atoms with Crippen molar-refractivity contribution >= 4 is 43.1 Å². The van der Waals surface area contributed by atoms with Crippen LogP contribution in [-0.2, 0) is 96.0 Å². The van der Waals surface area contributed by atoms with Crippen LogP contribution in [0.2, 0.25) is 0 Å². The van der Waals surface area contributed by atoms with E-state index in [4.69, 9.17) is 51.7 Å². The molecule has 11 N–H and O–H groups in total. The molecule has 3 spiro atoms. The highest BCUT2D eigenvalue weighted by molar-refractivity contribution is 7.81. The van der Waals surface area contributed by atoms with E-state index in [1.807, 2.05) is 26.0 Å². The Morgan fingerprint density at radius 3 is 2.21 bits per heavy atom. The lowest BCUT2D eigenvalue weighted by atomic mass is 9.78. The summed E-state index contributed by atoms with van der Waals surface area (Å²) in [6, 6.07) is 0. The molecule has 31 nitrogen and oxygen atoms in total. The average molecular weight is 1480 g/mol. The first kappa shape index (κ1) is 82.9. The van der Waals surface area contributed by atoms with Gasteiger partial charge in [0.15, 0.2) is 17.2 Å². The maximum atomic E-state index is 13.4. The van der Waals surface area contributed by atoms with Gasteiger partial charge in [-0.25, -0.2) is 17.3 Å². The van der Waals surface area contributed by atoms with Crippen LogP contribution in [0.25, 0.3) is 0 Å². The smallest absolute Gasteiger partial charge is 0.397 e. The predicted octanol–water partition coefficient (Wildman–Crippen LogP) is 3.55. The normalized spacial score (nSPS) is 34.6. The molecule has 0 aliphatic carbocycles. The molecule has 6 unspecified atom stereocenters. The van der Waals surface area contributed by atoms with Gasteiger partial charge in [0, 0.05) is 43.9 Å². The number of esters is 2. The van der Waals surface area contributed by atoms with Gasteiger partial charge in [0.2, 0.25) is 5.79 Å². The van der Waals surface area contributed by atoms with E-state index < -0.39 is 165 Å². The van der Waals surface area contributed by atoms with E-state index in [1.54, 1.807) is 19.1 Å². The Bertz CT molecular complexity index is 3180. The lowest BCUT2D eigenvalue weighted by Crippen LogP contribution is -2.60. The number of aliphatic hydroxyl groups excluding tert-OH is 7. The zero-order valence-corrected chi connectivity index (χ0v) is 59.5. The lowest BCUT2D eigenvalue weighted by Gasteiger charge is -2.51. The van der Waals surface area contributed by atoms with Crippen molar-refractivity contribution in [2.45, 2.75) is 285 Å². The molecule has 0 bridgehead atoms. The molecule has 99 heavy (non-hydrogen) atoms. The predicted molar refractivity (Wildman–Crippen MR) is 347 cm³/mol. The molecule has 0 amide bonds. The number of rotatable bonds is 33. The van der Waals surface area contributed by atoms with E-state index in [9.17, 15) is 80.2 Å². The Labute approximate surface area is 579 Å². The van der Waals surface area contributed by atoms with Crippen molar-refractivity contribution in [3.8, 4) is 0 Å². The summed E-state index contributed by atoms with van der Waals surface area (Å²) >= 11 is 0. The standard InChI is InChI=1S/C65H104O31S3/c1-37(14-12-28-85-54(71)17-11-9-10-16-46(66)56(73)52(95-98(79,80)81)32-48(68)59(96-99(82,83)84)49(69)36-88-97(76,77)78)35-86-61(74)62(8,75)34-45-20-21-53(70)65(91-45)33-38(2)30-51(92-65)39(3)18-19-44-23-25-63(90-44)26-24-50-60(93-63)55(72)43(7)58(89-50)47(67)31-41(5)57-40(4)22-27-64(94-57)42(6)15-13-29-87-64/h9,11,14,18-19,33,39-42,44-53,55-60,66-70,72-73,75H,7,10,12-13,15-17,20-32,34-36H2,1-6,8H3,(H,76,77,78)(H,79,80,81)(H,82,83,84)/b11-9-,19-18+,37-14+/t39-,40-,41+,42-,44+,45+,46?,47+,48?,49?,50-,51+,52?,53-,55-,56?,57+,58+,59?,60-,62-,63-,64-,65-/m1/s1. The minimum absolute atomic E-state index is 0.0111. The van der Waals surface area contributed by atoms with Gasteiger partial charge in [0.05, 0.1) is 75.1 Å². The SMILES string of the molecule is C=C1[C@@H](O)[C@@H]2O[C@]3(CC[C@H](/C=C/[C@@H](C)[C@@H]4CC(C)=C[C@@]5(O[C@H](C[C@@](C)(O)C(=O)OC/C(C)=C/CCOC(=O)C/C=C\CCC(O)C(O)C(CC(O)C(OS(=O)(=O)O)C(O)COS(=O)(=O)O)OS(=O)(=O)O)CC[C@H]5O)O4)O3)CC[C@H]2O[C@@H]1[C@@H](O)C[C@H](C)[C@H]1O[C@@]2(CC[C@H]1C)OCCC[C@H]2C. The van der Waals surface area contributed by atoms with Crippen molar-refractivity contribution in [2.75, 3.05) is 26.4 Å². The summed E-state index contributed by atoms with van der Waals surface area (Å²) < 4.78 is 164. The Hall–Kier alpha value is -3.35. The number of hydrogen-bond donors (Lipinski definition) is 11. The van der Waals surface area contributed by atoms with Crippen molar-refractivity contribution in [3.63, 3.8) is 0 Å². The van der Waals surface area contributed by atoms with Crippen molar-refractivity contribution in [1.29, 1.82) is 0 Å². The maximum Gasteiger partial charge on any atom is 0.397 e.